The Hall–Kier alpha value is -2.88. The molecule has 2 aliphatic rings. The number of carbonyl (C=O) groups excluding carboxylic acids is 1. The third-order valence-corrected chi connectivity index (χ3v) is 5.32. The molecule has 10 heteroatoms. The van der Waals surface area contributed by atoms with Gasteiger partial charge in [0.05, 0.1) is 25.8 Å². The summed E-state index contributed by atoms with van der Waals surface area (Å²) in [5.74, 6) is -1.72. The van der Waals surface area contributed by atoms with E-state index in [1.165, 1.54) is 5.69 Å². The van der Waals surface area contributed by atoms with Crippen LogP contribution in [0, 0.1) is 11.8 Å². The lowest BCUT2D eigenvalue weighted by molar-refractivity contribution is -0.192. The van der Waals surface area contributed by atoms with Crippen molar-refractivity contribution in [2.45, 2.75) is 45.3 Å². The van der Waals surface area contributed by atoms with Crippen LogP contribution in [0.5, 0.6) is 0 Å². The molecule has 0 aromatic carbocycles. The van der Waals surface area contributed by atoms with Gasteiger partial charge in [-0.25, -0.2) is 4.79 Å². The Labute approximate surface area is 177 Å². The number of aromatic nitrogens is 2. The van der Waals surface area contributed by atoms with Gasteiger partial charge in [-0.1, -0.05) is 6.92 Å². The average Bonchev–Trinajstić information content (AvgIpc) is 3.35. The summed E-state index contributed by atoms with van der Waals surface area (Å²) in [4.78, 5) is 27.6. The third-order valence-electron chi connectivity index (χ3n) is 5.32. The van der Waals surface area contributed by atoms with Gasteiger partial charge in [0.2, 0.25) is 5.91 Å². The SMILES string of the molecule is CC1CC1C(=O)N1Cc2cccn2CC(OCc2ccncc2)C1.O=C(O)C(F)(F)F. The molecule has 1 saturated carbocycles. The predicted octanol–water partition coefficient (Wildman–Crippen LogP) is 3.10. The number of pyridine rings is 1. The molecule has 31 heavy (non-hydrogen) atoms. The molecule has 2 aromatic heterocycles. The van der Waals surface area contributed by atoms with Crippen molar-refractivity contribution in [3.05, 3.63) is 54.1 Å². The van der Waals surface area contributed by atoms with Crippen LogP contribution in [-0.4, -0.2) is 50.3 Å². The van der Waals surface area contributed by atoms with Crippen LogP contribution < -0.4 is 0 Å². The molecule has 1 aliphatic carbocycles. The molecule has 7 nitrogen and oxygen atoms in total. The van der Waals surface area contributed by atoms with Gasteiger partial charge in [0.25, 0.3) is 0 Å². The van der Waals surface area contributed by atoms with Crippen molar-refractivity contribution in [1.29, 1.82) is 0 Å². The Morgan fingerprint density at radius 2 is 1.87 bits per heavy atom. The highest BCUT2D eigenvalue weighted by Gasteiger charge is 2.42. The summed E-state index contributed by atoms with van der Waals surface area (Å²) in [6.07, 6.45) is 1.58. The zero-order chi connectivity index (χ0) is 22.6. The molecule has 0 saturated heterocycles. The number of ether oxygens (including phenoxy) is 1. The Bertz CT molecular complexity index is 901. The molecule has 0 radical (unpaired) electrons. The zero-order valence-electron chi connectivity index (χ0n) is 17.0. The first kappa shape index (κ1) is 22.8. The molecule has 1 N–H and O–H groups in total. The van der Waals surface area contributed by atoms with E-state index < -0.39 is 12.1 Å². The van der Waals surface area contributed by atoms with Crippen LogP contribution in [0.25, 0.3) is 0 Å². The van der Waals surface area contributed by atoms with Crippen LogP contribution in [0.3, 0.4) is 0 Å². The maximum atomic E-state index is 12.7. The molecule has 0 spiro atoms. The number of carboxylic acid groups (broad SMARTS) is 1. The van der Waals surface area contributed by atoms with Crippen LogP contribution in [0.2, 0.25) is 0 Å². The van der Waals surface area contributed by atoms with Gasteiger partial charge in [0.1, 0.15) is 0 Å². The van der Waals surface area contributed by atoms with E-state index in [1.54, 1.807) is 12.4 Å². The molecule has 1 fully saturated rings. The van der Waals surface area contributed by atoms with Crippen molar-refractivity contribution in [2.75, 3.05) is 6.54 Å². The van der Waals surface area contributed by atoms with Crippen LogP contribution in [0.4, 0.5) is 13.2 Å². The first-order valence-corrected chi connectivity index (χ1v) is 9.88. The van der Waals surface area contributed by atoms with E-state index in [0.29, 0.717) is 25.6 Å². The number of hydrogen-bond donors (Lipinski definition) is 1. The summed E-state index contributed by atoms with van der Waals surface area (Å²) < 4.78 is 40.1. The highest BCUT2D eigenvalue weighted by molar-refractivity contribution is 5.81. The average molecular weight is 439 g/mol. The summed E-state index contributed by atoms with van der Waals surface area (Å²) in [7, 11) is 0. The fraction of sp³-hybridized carbons (Fsp3) is 0.476. The fourth-order valence-corrected chi connectivity index (χ4v) is 3.42. The number of halogens is 3. The highest BCUT2D eigenvalue weighted by Crippen LogP contribution is 2.39. The number of carboxylic acids is 1. The Morgan fingerprint density at radius 3 is 2.45 bits per heavy atom. The number of hydrogen-bond acceptors (Lipinski definition) is 4. The van der Waals surface area contributed by atoms with Crippen molar-refractivity contribution < 1.29 is 32.6 Å². The molecule has 0 bridgehead atoms. The molecule has 3 unspecified atom stereocenters. The molecule has 2 aromatic rings. The Balaban J connectivity index is 0.000000339. The minimum absolute atomic E-state index is 0.00446. The van der Waals surface area contributed by atoms with E-state index in [4.69, 9.17) is 14.6 Å². The number of fused-ring (bicyclic) bond motifs is 1. The van der Waals surface area contributed by atoms with Gasteiger partial charge in [0, 0.05) is 36.7 Å². The monoisotopic (exact) mass is 439 g/mol. The van der Waals surface area contributed by atoms with Gasteiger partial charge in [0.15, 0.2) is 0 Å². The van der Waals surface area contributed by atoms with Crippen LogP contribution in [-0.2, 0) is 34.0 Å². The lowest BCUT2D eigenvalue weighted by Crippen LogP contribution is -2.38. The van der Waals surface area contributed by atoms with E-state index in [9.17, 15) is 18.0 Å². The van der Waals surface area contributed by atoms with E-state index in [-0.39, 0.29) is 17.9 Å². The summed E-state index contributed by atoms with van der Waals surface area (Å²) >= 11 is 0. The molecule has 3 heterocycles. The van der Waals surface area contributed by atoms with Crippen LogP contribution in [0.1, 0.15) is 24.6 Å². The topological polar surface area (TPSA) is 84.7 Å². The summed E-state index contributed by atoms with van der Waals surface area (Å²) in [6.45, 7) is 4.84. The fourth-order valence-electron chi connectivity index (χ4n) is 3.42. The molecule has 1 amide bonds. The van der Waals surface area contributed by atoms with E-state index in [2.05, 4.69) is 28.7 Å². The molecular formula is C21H24F3N3O4. The second-order valence-electron chi connectivity index (χ2n) is 7.78. The van der Waals surface area contributed by atoms with Crippen molar-refractivity contribution in [3.8, 4) is 0 Å². The highest BCUT2D eigenvalue weighted by atomic mass is 19.4. The third kappa shape index (κ3) is 6.30. The van der Waals surface area contributed by atoms with Gasteiger partial charge in [-0.15, -0.1) is 0 Å². The first-order valence-electron chi connectivity index (χ1n) is 9.88. The largest absolute Gasteiger partial charge is 0.490 e. The quantitative estimate of drug-likeness (QED) is 0.792. The van der Waals surface area contributed by atoms with Crippen molar-refractivity contribution in [2.24, 2.45) is 11.8 Å². The summed E-state index contributed by atoms with van der Waals surface area (Å²) in [6, 6.07) is 8.07. The number of rotatable bonds is 4. The van der Waals surface area contributed by atoms with Crippen LogP contribution in [0.15, 0.2) is 42.9 Å². The summed E-state index contributed by atoms with van der Waals surface area (Å²) in [5.41, 5.74) is 2.29. The summed E-state index contributed by atoms with van der Waals surface area (Å²) in [5, 5.41) is 7.12. The van der Waals surface area contributed by atoms with Crippen molar-refractivity contribution in [3.63, 3.8) is 0 Å². The molecule has 168 valence electrons. The second kappa shape index (κ2) is 9.51. The van der Waals surface area contributed by atoms with Gasteiger partial charge in [-0.05, 0) is 42.2 Å². The first-order chi connectivity index (χ1) is 14.6. The molecule has 1 aliphatic heterocycles. The van der Waals surface area contributed by atoms with E-state index in [1.807, 2.05) is 23.1 Å². The predicted molar refractivity (Wildman–Crippen MR) is 104 cm³/mol. The number of alkyl halides is 3. The lowest BCUT2D eigenvalue weighted by Gasteiger charge is -2.24. The minimum Gasteiger partial charge on any atom is -0.475 e. The number of nitrogens with zero attached hydrogens (tertiary/aromatic N) is 3. The van der Waals surface area contributed by atoms with Crippen LogP contribution >= 0.6 is 0 Å². The molecular weight excluding hydrogens is 415 g/mol. The molecule has 4 rings (SSSR count). The lowest BCUT2D eigenvalue weighted by atomic mass is 10.2. The number of amides is 1. The standard InChI is InChI=1S/C19H23N3O2.C2HF3O2/c1-14-9-18(14)19(23)22-10-16-3-2-8-21(16)11-17(12-22)24-13-15-4-6-20-7-5-15;3-2(4,5)1(6)7/h2-8,14,17-18H,9-13H2,1H3;(H,6,7). The number of aliphatic carboxylic acids is 1. The second-order valence-corrected chi connectivity index (χ2v) is 7.78. The van der Waals surface area contributed by atoms with E-state index >= 15 is 0 Å². The van der Waals surface area contributed by atoms with Gasteiger partial charge < -0.3 is 19.3 Å². The number of carbonyl (C=O) groups is 2. The van der Waals surface area contributed by atoms with Gasteiger partial charge >= 0.3 is 12.1 Å². The van der Waals surface area contributed by atoms with E-state index in [0.717, 1.165) is 18.5 Å². The smallest absolute Gasteiger partial charge is 0.475 e. The maximum Gasteiger partial charge on any atom is 0.490 e. The van der Waals surface area contributed by atoms with Crippen molar-refractivity contribution >= 4 is 11.9 Å². The van der Waals surface area contributed by atoms with Gasteiger partial charge in [-0.3, -0.25) is 9.78 Å². The van der Waals surface area contributed by atoms with Gasteiger partial charge in [-0.2, -0.15) is 13.2 Å². The maximum absolute atomic E-state index is 12.7. The Kier molecular flexibility index (Phi) is 6.99. The minimum atomic E-state index is -5.08. The Morgan fingerprint density at radius 1 is 1.23 bits per heavy atom. The normalized spacial score (nSPS) is 22.6. The molecule has 3 atom stereocenters. The zero-order valence-corrected chi connectivity index (χ0v) is 17.0. The van der Waals surface area contributed by atoms with Crippen molar-refractivity contribution in [1.82, 2.24) is 14.5 Å².